The summed E-state index contributed by atoms with van der Waals surface area (Å²) in [5.41, 5.74) is 6.51. The van der Waals surface area contributed by atoms with Crippen molar-refractivity contribution in [2.24, 2.45) is 0 Å². The van der Waals surface area contributed by atoms with E-state index in [1.807, 2.05) is 37.4 Å². The quantitative estimate of drug-likeness (QED) is 0.739. The standard InChI is InChI=1S/C13H16N4OS2/c1-3-15-13-17-11(14)10(20-13)12(18)16-8-4-6-9(19-2)7-5-8/h4-7H,3,14H2,1-2H3,(H,15,17)(H,16,18). The number of thioether (sulfide) groups is 1. The van der Waals surface area contributed by atoms with Gasteiger partial charge in [0.05, 0.1) is 0 Å². The van der Waals surface area contributed by atoms with Crippen molar-refractivity contribution in [2.75, 3.05) is 29.2 Å². The maximum atomic E-state index is 12.2. The van der Waals surface area contributed by atoms with Crippen LogP contribution in [0.15, 0.2) is 29.2 Å². The number of amides is 1. The van der Waals surface area contributed by atoms with Gasteiger partial charge in [-0.3, -0.25) is 4.79 Å². The van der Waals surface area contributed by atoms with Crippen LogP contribution in [0.2, 0.25) is 0 Å². The molecule has 2 aromatic rings. The molecule has 0 aliphatic rings. The van der Waals surface area contributed by atoms with Crippen molar-refractivity contribution in [3.63, 3.8) is 0 Å². The number of carbonyl (C=O) groups excluding carboxylic acids is 1. The fraction of sp³-hybridized carbons (Fsp3) is 0.231. The molecule has 0 saturated carbocycles. The van der Waals surface area contributed by atoms with Gasteiger partial charge in [-0.15, -0.1) is 11.8 Å². The van der Waals surface area contributed by atoms with Gasteiger partial charge in [-0.25, -0.2) is 4.98 Å². The third-order valence-corrected chi connectivity index (χ3v) is 4.31. The highest BCUT2D eigenvalue weighted by atomic mass is 32.2. The molecule has 7 heteroatoms. The second kappa shape index (κ2) is 6.62. The number of anilines is 3. The third kappa shape index (κ3) is 3.43. The Hall–Kier alpha value is -1.73. The van der Waals surface area contributed by atoms with E-state index in [0.29, 0.717) is 10.0 Å². The number of hydrogen-bond donors (Lipinski definition) is 3. The minimum absolute atomic E-state index is 0.235. The van der Waals surface area contributed by atoms with Crippen LogP contribution in [0, 0.1) is 0 Å². The number of nitrogens with zero attached hydrogens (tertiary/aromatic N) is 1. The topological polar surface area (TPSA) is 80.0 Å². The van der Waals surface area contributed by atoms with Crippen molar-refractivity contribution in [2.45, 2.75) is 11.8 Å². The SMILES string of the molecule is CCNc1nc(N)c(C(=O)Nc2ccc(SC)cc2)s1. The number of aromatic nitrogens is 1. The van der Waals surface area contributed by atoms with Crippen LogP contribution in [0.3, 0.4) is 0 Å². The summed E-state index contributed by atoms with van der Waals surface area (Å²) < 4.78 is 0. The lowest BCUT2D eigenvalue weighted by Crippen LogP contribution is -2.12. The molecule has 1 heterocycles. The molecule has 1 amide bonds. The summed E-state index contributed by atoms with van der Waals surface area (Å²) in [7, 11) is 0. The number of benzene rings is 1. The number of nitrogen functional groups attached to an aromatic ring is 1. The van der Waals surface area contributed by atoms with Crippen LogP contribution in [0.5, 0.6) is 0 Å². The highest BCUT2D eigenvalue weighted by Crippen LogP contribution is 2.26. The van der Waals surface area contributed by atoms with Crippen molar-refractivity contribution in [1.29, 1.82) is 0 Å². The summed E-state index contributed by atoms with van der Waals surface area (Å²) in [5, 5.41) is 6.53. The molecule has 0 unspecified atom stereocenters. The second-order valence-electron chi connectivity index (χ2n) is 3.95. The highest BCUT2D eigenvalue weighted by Gasteiger charge is 2.16. The van der Waals surface area contributed by atoms with Crippen molar-refractivity contribution < 1.29 is 4.79 Å². The Morgan fingerprint density at radius 1 is 1.40 bits per heavy atom. The number of nitrogens with one attached hydrogen (secondary N) is 2. The summed E-state index contributed by atoms with van der Waals surface area (Å²) in [6.45, 7) is 2.70. The predicted octanol–water partition coefficient (Wildman–Crippen LogP) is 3.13. The first-order valence-corrected chi connectivity index (χ1v) is 8.13. The number of hydrogen-bond acceptors (Lipinski definition) is 6. The van der Waals surface area contributed by atoms with E-state index < -0.39 is 0 Å². The Morgan fingerprint density at radius 2 is 2.10 bits per heavy atom. The molecule has 0 saturated heterocycles. The molecule has 0 spiro atoms. The van der Waals surface area contributed by atoms with Crippen LogP contribution in [0.4, 0.5) is 16.6 Å². The fourth-order valence-electron chi connectivity index (χ4n) is 1.58. The molecular formula is C13H16N4OS2. The fourth-order valence-corrected chi connectivity index (χ4v) is 2.84. The van der Waals surface area contributed by atoms with Gasteiger partial charge in [-0.05, 0) is 37.4 Å². The first-order chi connectivity index (χ1) is 9.63. The van der Waals surface area contributed by atoms with Crippen LogP contribution in [-0.2, 0) is 0 Å². The predicted molar refractivity (Wildman–Crippen MR) is 86.9 cm³/mol. The monoisotopic (exact) mass is 308 g/mol. The smallest absolute Gasteiger partial charge is 0.269 e. The largest absolute Gasteiger partial charge is 0.382 e. The Bertz CT molecular complexity index is 595. The molecule has 1 aromatic heterocycles. The zero-order chi connectivity index (χ0) is 14.5. The minimum atomic E-state index is -0.235. The van der Waals surface area contributed by atoms with E-state index in [0.717, 1.165) is 17.1 Å². The highest BCUT2D eigenvalue weighted by molar-refractivity contribution is 7.98. The Morgan fingerprint density at radius 3 is 2.70 bits per heavy atom. The van der Waals surface area contributed by atoms with Crippen LogP contribution in [0.1, 0.15) is 16.6 Å². The van der Waals surface area contributed by atoms with Crippen molar-refractivity contribution in [3.05, 3.63) is 29.1 Å². The molecule has 0 atom stereocenters. The summed E-state index contributed by atoms with van der Waals surface area (Å²) >= 11 is 2.91. The van der Waals surface area contributed by atoms with E-state index in [2.05, 4.69) is 15.6 Å². The average Bonchev–Trinajstić information content (AvgIpc) is 2.81. The molecule has 20 heavy (non-hydrogen) atoms. The molecule has 106 valence electrons. The zero-order valence-corrected chi connectivity index (χ0v) is 12.9. The molecule has 0 bridgehead atoms. The van der Waals surface area contributed by atoms with Crippen molar-refractivity contribution in [1.82, 2.24) is 4.98 Å². The molecule has 4 N–H and O–H groups in total. The van der Waals surface area contributed by atoms with Gasteiger partial charge in [0.15, 0.2) is 5.13 Å². The lowest BCUT2D eigenvalue weighted by atomic mass is 10.3. The Labute approximate surface area is 126 Å². The van der Waals surface area contributed by atoms with Crippen LogP contribution in [0.25, 0.3) is 0 Å². The molecule has 2 rings (SSSR count). The van der Waals surface area contributed by atoms with Gasteiger partial charge < -0.3 is 16.4 Å². The van der Waals surface area contributed by atoms with Crippen molar-refractivity contribution in [3.8, 4) is 0 Å². The first kappa shape index (κ1) is 14.7. The summed E-state index contributed by atoms with van der Waals surface area (Å²) in [5.74, 6) is 0.0187. The lowest BCUT2D eigenvalue weighted by Gasteiger charge is -2.04. The number of nitrogens with two attached hydrogens (primary N) is 1. The van der Waals surface area contributed by atoms with E-state index in [4.69, 9.17) is 5.73 Å². The summed E-state index contributed by atoms with van der Waals surface area (Å²) in [4.78, 5) is 17.8. The molecular weight excluding hydrogens is 292 g/mol. The molecule has 0 aliphatic carbocycles. The van der Waals surface area contributed by atoms with E-state index >= 15 is 0 Å². The molecule has 1 aromatic carbocycles. The number of carbonyl (C=O) groups is 1. The van der Waals surface area contributed by atoms with Gasteiger partial charge in [-0.2, -0.15) is 0 Å². The normalized spacial score (nSPS) is 10.3. The van der Waals surface area contributed by atoms with Crippen molar-refractivity contribution >= 4 is 45.6 Å². The van der Waals surface area contributed by atoms with E-state index in [9.17, 15) is 4.79 Å². The molecule has 0 radical (unpaired) electrons. The molecule has 0 fully saturated rings. The number of thiazole rings is 1. The minimum Gasteiger partial charge on any atom is -0.382 e. The van der Waals surface area contributed by atoms with Gasteiger partial charge in [0.1, 0.15) is 10.7 Å². The lowest BCUT2D eigenvalue weighted by molar-refractivity contribution is 0.103. The van der Waals surface area contributed by atoms with Crippen LogP contribution in [-0.4, -0.2) is 23.7 Å². The van der Waals surface area contributed by atoms with Gasteiger partial charge in [0.2, 0.25) is 0 Å². The summed E-state index contributed by atoms with van der Waals surface area (Å²) in [6.07, 6.45) is 2.01. The Balaban J connectivity index is 2.10. The summed E-state index contributed by atoms with van der Waals surface area (Å²) in [6, 6.07) is 7.65. The van der Waals surface area contributed by atoms with Gasteiger partial charge in [-0.1, -0.05) is 11.3 Å². The van der Waals surface area contributed by atoms with E-state index in [1.54, 1.807) is 11.8 Å². The molecule has 0 aliphatic heterocycles. The average molecular weight is 308 g/mol. The second-order valence-corrected chi connectivity index (χ2v) is 5.83. The van der Waals surface area contributed by atoms with E-state index in [1.165, 1.54) is 11.3 Å². The third-order valence-electron chi connectivity index (χ3n) is 2.54. The van der Waals surface area contributed by atoms with Gasteiger partial charge in [0.25, 0.3) is 5.91 Å². The maximum Gasteiger partial charge on any atom is 0.269 e. The molecule has 5 nitrogen and oxygen atoms in total. The van der Waals surface area contributed by atoms with Gasteiger partial charge in [0, 0.05) is 17.1 Å². The van der Waals surface area contributed by atoms with Gasteiger partial charge >= 0.3 is 0 Å². The van der Waals surface area contributed by atoms with Crippen LogP contribution >= 0.6 is 23.1 Å². The first-order valence-electron chi connectivity index (χ1n) is 6.09. The maximum absolute atomic E-state index is 12.2. The number of rotatable bonds is 5. The zero-order valence-electron chi connectivity index (χ0n) is 11.3. The Kier molecular flexibility index (Phi) is 4.86. The van der Waals surface area contributed by atoms with Crippen LogP contribution < -0.4 is 16.4 Å². The van der Waals surface area contributed by atoms with E-state index in [-0.39, 0.29) is 11.7 Å².